The molecule has 1 aromatic heterocycles. The average Bonchev–Trinajstić information content (AvgIpc) is 3.23. The monoisotopic (exact) mass is 442 g/mol. The van der Waals surface area contributed by atoms with Gasteiger partial charge in [-0.15, -0.1) is 0 Å². The third-order valence-electron chi connectivity index (χ3n) is 5.53. The van der Waals surface area contributed by atoms with E-state index in [1.165, 1.54) is 12.1 Å². The second-order valence-corrected chi connectivity index (χ2v) is 8.31. The first-order valence-electron chi connectivity index (χ1n) is 10.3. The Morgan fingerprint density at radius 3 is 2.74 bits per heavy atom. The summed E-state index contributed by atoms with van der Waals surface area (Å²) in [5, 5.41) is 7.75. The maximum atomic E-state index is 13.1. The van der Waals surface area contributed by atoms with Gasteiger partial charge in [0.25, 0.3) is 0 Å². The Labute approximate surface area is 185 Å². The second-order valence-electron chi connectivity index (χ2n) is 7.87. The van der Waals surface area contributed by atoms with Crippen LogP contribution < -0.4 is 5.32 Å². The number of carbonyl (C=O) groups is 1. The van der Waals surface area contributed by atoms with E-state index in [1.54, 1.807) is 24.3 Å². The van der Waals surface area contributed by atoms with Crippen LogP contribution in [0.4, 0.5) is 4.39 Å². The number of halogens is 2. The number of benzene rings is 2. The molecule has 0 aliphatic carbocycles. The van der Waals surface area contributed by atoms with E-state index in [1.807, 2.05) is 19.1 Å². The van der Waals surface area contributed by atoms with Crippen LogP contribution in [0.25, 0.3) is 11.4 Å². The van der Waals surface area contributed by atoms with E-state index in [9.17, 15) is 9.18 Å². The normalized spacial score (nSPS) is 18.0. The van der Waals surface area contributed by atoms with Crippen molar-refractivity contribution < 1.29 is 13.7 Å². The summed E-state index contributed by atoms with van der Waals surface area (Å²) >= 11 is 5.93. The lowest BCUT2D eigenvalue weighted by Crippen LogP contribution is -2.43. The van der Waals surface area contributed by atoms with E-state index in [0.29, 0.717) is 29.8 Å². The van der Waals surface area contributed by atoms with Gasteiger partial charge in [-0.2, -0.15) is 4.98 Å². The van der Waals surface area contributed by atoms with Gasteiger partial charge in [0, 0.05) is 17.1 Å². The van der Waals surface area contributed by atoms with Crippen molar-refractivity contribution in [2.45, 2.75) is 32.4 Å². The topological polar surface area (TPSA) is 71.3 Å². The lowest BCUT2D eigenvalue weighted by atomic mass is 9.96. The number of nitrogens with zero attached hydrogens (tertiary/aromatic N) is 3. The Hall–Kier alpha value is -2.77. The minimum atomic E-state index is -0.287. The summed E-state index contributed by atoms with van der Waals surface area (Å²) in [5.74, 6) is 0.645. The van der Waals surface area contributed by atoms with Gasteiger partial charge in [0.1, 0.15) is 5.82 Å². The van der Waals surface area contributed by atoms with Crippen molar-refractivity contribution in [3.8, 4) is 11.4 Å². The molecule has 1 amide bonds. The third kappa shape index (κ3) is 5.48. The molecule has 1 N–H and O–H groups in total. The predicted octanol–water partition coefficient (Wildman–Crippen LogP) is 4.62. The fraction of sp³-hybridized carbons (Fsp3) is 0.348. The number of aromatic nitrogens is 2. The molecule has 8 heteroatoms. The second kappa shape index (κ2) is 9.58. The molecule has 2 heterocycles. The van der Waals surface area contributed by atoms with Crippen LogP contribution in [0.5, 0.6) is 0 Å². The smallest absolute Gasteiger partial charge is 0.241 e. The third-order valence-corrected chi connectivity index (χ3v) is 5.79. The molecule has 162 valence electrons. The highest BCUT2D eigenvalue weighted by atomic mass is 35.5. The van der Waals surface area contributed by atoms with Gasteiger partial charge < -0.3 is 9.84 Å². The number of piperidine rings is 1. The van der Waals surface area contributed by atoms with Gasteiger partial charge in [0.05, 0.1) is 18.5 Å². The van der Waals surface area contributed by atoms with Crippen molar-refractivity contribution >= 4 is 17.5 Å². The fourth-order valence-corrected chi connectivity index (χ4v) is 3.93. The minimum absolute atomic E-state index is 0.00825. The number of nitrogens with one attached hydrogen (secondary N) is 1. The van der Waals surface area contributed by atoms with Crippen LogP contribution >= 0.6 is 11.6 Å². The molecule has 1 aliphatic heterocycles. The van der Waals surface area contributed by atoms with Gasteiger partial charge >= 0.3 is 0 Å². The van der Waals surface area contributed by atoms with Crippen LogP contribution in [0.2, 0.25) is 5.02 Å². The van der Waals surface area contributed by atoms with Gasteiger partial charge in [0.2, 0.25) is 17.6 Å². The van der Waals surface area contributed by atoms with Crippen molar-refractivity contribution in [1.29, 1.82) is 0 Å². The maximum Gasteiger partial charge on any atom is 0.241 e. The number of rotatable bonds is 6. The van der Waals surface area contributed by atoms with Crippen molar-refractivity contribution in [3.05, 3.63) is 70.8 Å². The van der Waals surface area contributed by atoms with Crippen molar-refractivity contribution in [2.24, 2.45) is 5.92 Å². The molecule has 2 atom stereocenters. The SMILES string of the molecule is CC(NC(=O)C1CCCN(Cc2nc(-c3ccc(Cl)cc3)no2)C1)c1ccc(F)cc1. The first-order chi connectivity index (χ1) is 15.0. The Morgan fingerprint density at radius 1 is 1.26 bits per heavy atom. The van der Waals surface area contributed by atoms with Crippen LogP contribution in [0, 0.1) is 11.7 Å². The molecule has 3 aromatic rings. The Balaban J connectivity index is 1.33. The molecule has 0 spiro atoms. The number of amides is 1. The van der Waals surface area contributed by atoms with E-state index in [4.69, 9.17) is 16.1 Å². The van der Waals surface area contributed by atoms with Crippen molar-refractivity contribution in [3.63, 3.8) is 0 Å². The molecule has 0 radical (unpaired) electrons. The highest BCUT2D eigenvalue weighted by Gasteiger charge is 2.27. The van der Waals surface area contributed by atoms with Gasteiger partial charge in [-0.25, -0.2) is 4.39 Å². The molecular weight excluding hydrogens is 419 g/mol. The maximum absolute atomic E-state index is 13.1. The van der Waals surface area contributed by atoms with Crippen molar-refractivity contribution in [2.75, 3.05) is 13.1 Å². The van der Waals surface area contributed by atoms with E-state index in [2.05, 4.69) is 20.4 Å². The molecule has 4 rings (SSSR count). The summed E-state index contributed by atoms with van der Waals surface area (Å²) in [6.45, 7) is 3.90. The zero-order valence-corrected chi connectivity index (χ0v) is 18.0. The molecular formula is C23H24ClFN4O2. The molecule has 0 saturated carbocycles. The zero-order chi connectivity index (χ0) is 21.8. The molecule has 2 unspecified atom stereocenters. The highest BCUT2D eigenvalue weighted by molar-refractivity contribution is 6.30. The number of hydrogen-bond acceptors (Lipinski definition) is 5. The molecule has 1 aliphatic rings. The first kappa shape index (κ1) is 21.5. The number of hydrogen-bond donors (Lipinski definition) is 1. The van der Waals surface area contributed by atoms with E-state index < -0.39 is 0 Å². The Morgan fingerprint density at radius 2 is 2.00 bits per heavy atom. The summed E-state index contributed by atoms with van der Waals surface area (Å²) in [6.07, 6.45) is 1.75. The summed E-state index contributed by atoms with van der Waals surface area (Å²) in [5.41, 5.74) is 1.72. The first-order valence-corrected chi connectivity index (χ1v) is 10.7. The van der Waals surface area contributed by atoms with E-state index in [-0.39, 0.29) is 23.7 Å². The van der Waals surface area contributed by atoms with Crippen LogP contribution in [0.15, 0.2) is 53.1 Å². The molecule has 6 nitrogen and oxygen atoms in total. The van der Waals surface area contributed by atoms with Crippen LogP contribution in [-0.2, 0) is 11.3 Å². The standard InChI is InChI=1S/C23H24ClFN4O2/c1-15(16-6-10-20(25)11-7-16)26-23(30)18-3-2-12-29(13-18)14-21-27-22(28-31-21)17-4-8-19(24)9-5-17/h4-11,15,18H,2-3,12-14H2,1H3,(H,26,30). The van der Waals surface area contributed by atoms with Crippen LogP contribution in [-0.4, -0.2) is 34.0 Å². The lowest BCUT2D eigenvalue weighted by molar-refractivity contribution is -0.127. The molecule has 0 bridgehead atoms. The molecule has 2 aromatic carbocycles. The molecule has 1 fully saturated rings. The van der Waals surface area contributed by atoms with E-state index >= 15 is 0 Å². The summed E-state index contributed by atoms with van der Waals surface area (Å²) in [4.78, 5) is 19.4. The minimum Gasteiger partial charge on any atom is -0.349 e. The summed E-state index contributed by atoms with van der Waals surface area (Å²) < 4.78 is 18.5. The van der Waals surface area contributed by atoms with E-state index in [0.717, 1.165) is 30.5 Å². The fourth-order valence-electron chi connectivity index (χ4n) is 3.81. The molecule has 1 saturated heterocycles. The summed E-state index contributed by atoms with van der Waals surface area (Å²) in [7, 11) is 0. The van der Waals surface area contributed by atoms with Gasteiger partial charge in [-0.3, -0.25) is 9.69 Å². The lowest BCUT2D eigenvalue weighted by Gasteiger charge is -2.31. The number of carbonyl (C=O) groups excluding carboxylic acids is 1. The highest BCUT2D eigenvalue weighted by Crippen LogP contribution is 2.22. The average molecular weight is 443 g/mol. The van der Waals surface area contributed by atoms with Gasteiger partial charge in [0.15, 0.2) is 0 Å². The van der Waals surface area contributed by atoms with Crippen LogP contribution in [0.1, 0.15) is 37.3 Å². The largest absolute Gasteiger partial charge is 0.349 e. The molecule has 31 heavy (non-hydrogen) atoms. The zero-order valence-electron chi connectivity index (χ0n) is 17.2. The quantitative estimate of drug-likeness (QED) is 0.603. The Kier molecular flexibility index (Phi) is 6.63. The van der Waals surface area contributed by atoms with Gasteiger partial charge in [-0.1, -0.05) is 28.9 Å². The van der Waals surface area contributed by atoms with Gasteiger partial charge in [-0.05, 0) is 68.3 Å². The predicted molar refractivity (Wildman–Crippen MR) is 116 cm³/mol. The van der Waals surface area contributed by atoms with Crippen LogP contribution in [0.3, 0.4) is 0 Å². The van der Waals surface area contributed by atoms with Crippen molar-refractivity contribution in [1.82, 2.24) is 20.4 Å². The summed E-state index contributed by atoms with van der Waals surface area (Å²) in [6, 6.07) is 13.3. The Bertz CT molecular complexity index is 1020. The number of likely N-dealkylation sites (tertiary alicyclic amines) is 1.